The monoisotopic (exact) mass is 471 g/mol. The molecular weight excluding hydrogens is 438 g/mol. The van der Waals surface area contributed by atoms with Gasteiger partial charge in [0.2, 0.25) is 11.7 Å². The summed E-state index contributed by atoms with van der Waals surface area (Å²) < 4.78 is 21.3. The summed E-state index contributed by atoms with van der Waals surface area (Å²) in [5.41, 5.74) is 1.47. The molecule has 0 saturated carbocycles. The smallest absolute Gasteiger partial charge is 0.251 e. The molecule has 184 valence electrons. The maximum absolute atomic E-state index is 12.6. The lowest BCUT2D eigenvalue weighted by molar-refractivity contribution is -0.121. The minimum absolute atomic E-state index is 0.0829. The Morgan fingerprint density at radius 2 is 1.53 bits per heavy atom. The predicted octanol–water partition coefficient (Wildman–Crippen LogP) is 2.23. The Labute approximate surface area is 200 Å². The van der Waals surface area contributed by atoms with Crippen LogP contribution in [0.15, 0.2) is 36.4 Å². The number of nitrogens with one attached hydrogen (secondary N) is 2. The molecule has 0 aromatic heterocycles. The Balaban J connectivity index is 1.46. The van der Waals surface area contributed by atoms with Crippen LogP contribution in [0.3, 0.4) is 0 Å². The van der Waals surface area contributed by atoms with Crippen molar-refractivity contribution in [3.8, 4) is 23.0 Å². The molecule has 3 rings (SSSR count). The number of piperidine rings is 1. The van der Waals surface area contributed by atoms with E-state index in [0.717, 1.165) is 43.8 Å². The first-order valence-corrected chi connectivity index (χ1v) is 11.2. The molecule has 0 atom stereocenters. The number of rotatable bonds is 10. The number of methoxy groups -OCH3 is 4. The minimum atomic E-state index is -0.402. The van der Waals surface area contributed by atoms with Crippen LogP contribution in [0.25, 0.3) is 0 Å². The van der Waals surface area contributed by atoms with Gasteiger partial charge < -0.3 is 29.6 Å². The van der Waals surface area contributed by atoms with E-state index in [4.69, 9.17) is 18.9 Å². The third-order valence-corrected chi connectivity index (χ3v) is 5.88. The molecular formula is C25H33N3O6. The van der Waals surface area contributed by atoms with Crippen LogP contribution in [0, 0.1) is 0 Å². The van der Waals surface area contributed by atoms with Crippen molar-refractivity contribution < 1.29 is 28.5 Å². The van der Waals surface area contributed by atoms with Crippen molar-refractivity contribution >= 4 is 11.8 Å². The Hall–Kier alpha value is -3.46. The van der Waals surface area contributed by atoms with E-state index in [1.807, 2.05) is 18.2 Å². The van der Waals surface area contributed by atoms with E-state index in [1.165, 1.54) is 21.3 Å². The Morgan fingerprint density at radius 3 is 2.12 bits per heavy atom. The van der Waals surface area contributed by atoms with Gasteiger partial charge in [0.1, 0.15) is 5.75 Å². The maximum Gasteiger partial charge on any atom is 0.251 e. The average molecular weight is 472 g/mol. The van der Waals surface area contributed by atoms with Crippen LogP contribution in [0.2, 0.25) is 0 Å². The normalized spacial score (nSPS) is 14.2. The molecule has 1 aliphatic rings. The van der Waals surface area contributed by atoms with Gasteiger partial charge in [0.05, 0.1) is 35.0 Å². The van der Waals surface area contributed by atoms with E-state index >= 15 is 0 Å². The molecule has 0 aliphatic carbocycles. The van der Waals surface area contributed by atoms with Gasteiger partial charge in [-0.15, -0.1) is 0 Å². The number of carbonyl (C=O) groups is 2. The lowest BCUT2D eigenvalue weighted by Gasteiger charge is -2.32. The second-order valence-corrected chi connectivity index (χ2v) is 8.03. The highest BCUT2D eigenvalue weighted by atomic mass is 16.5. The molecule has 0 spiro atoms. The van der Waals surface area contributed by atoms with Crippen LogP contribution < -0.4 is 29.6 Å². The molecule has 0 unspecified atom stereocenters. The molecule has 34 heavy (non-hydrogen) atoms. The summed E-state index contributed by atoms with van der Waals surface area (Å²) in [5, 5.41) is 5.68. The van der Waals surface area contributed by atoms with E-state index in [9.17, 15) is 9.59 Å². The summed E-state index contributed by atoms with van der Waals surface area (Å²) in [7, 11) is 6.14. The number of para-hydroxylation sites is 1. The number of benzene rings is 2. The van der Waals surface area contributed by atoms with Gasteiger partial charge in [-0.3, -0.25) is 14.5 Å². The maximum atomic E-state index is 12.6. The summed E-state index contributed by atoms with van der Waals surface area (Å²) in [5.74, 6) is 1.41. The largest absolute Gasteiger partial charge is 0.496 e. The lowest BCUT2D eigenvalue weighted by Crippen LogP contribution is -2.47. The van der Waals surface area contributed by atoms with Crippen molar-refractivity contribution in [2.24, 2.45) is 0 Å². The fourth-order valence-electron chi connectivity index (χ4n) is 4.06. The lowest BCUT2D eigenvalue weighted by atomic mass is 10.0. The molecule has 0 bridgehead atoms. The topological polar surface area (TPSA) is 98.4 Å². The van der Waals surface area contributed by atoms with Crippen LogP contribution in [-0.4, -0.2) is 70.8 Å². The zero-order valence-electron chi connectivity index (χ0n) is 20.2. The van der Waals surface area contributed by atoms with Gasteiger partial charge in [0, 0.05) is 36.8 Å². The number of amides is 2. The number of carbonyl (C=O) groups excluding carboxylic acids is 2. The summed E-state index contributed by atoms with van der Waals surface area (Å²) in [4.78, 5) is 27.4. The van der Waals surface area contributed by atoms with Crippen molar-refractivity contribution in [3.63, 3.8) is 0 Å². The summed E-state index contributed by atoms with van der Waals surface area (Å²) in [6.07, 6.45) is 1.70. The van der Waals surface area contributed by atoms with Crippen LogP contribution >= 0.6 is 0 Å². The number of likely N-dealkylation sites (tertiary alicyclic amines) is 1. The molecule has 1 saturated heterocycles. The highest BCUT2D eigenvalue weighted by molar-refractivity contribution is 5.97. The number of hydrogen-bond acceptors (Lipinski definition) is 7. The molecule has 2 amide bonds. The second kappa shape index (κ2) is 12.1. The first kappa shape index (κ1) is 25.2. The van der Waals surface area contributed by atoms with Crippen LogP contribution in [0.1, 0.15) is 28.8 Å². The van der Waals surface area contributed by atoms with Crippen molar-refractivity contribution in [2.75, 3.05) is 48.1 Å². The van der Waals surface area contributed by atoms with Gasteiger partial charge in [-0.2, -0.15) is 0 Å². The number of hydrogen-bond donors (Lipinski definition) is 2. The van der Waals surface area contributed by atoms with E-state index in [2.05, 4.69) is 21.6 Å². The molecule has 2 aromatic carbocycles. The summed E-state index contributed by atoms with van der Waals surface area (Å²) in [6.45, 7) is 2.45. The minimum Gasteiger partial charge on any atom is -0.496 e. The number of ether oxygens (including phenoxy) is 4. The van der Waals surface area contributed by atoms with Crippen LogP contribution in [-0.2, 0) is 11.3 Å². The third-order valence-electron chi connectivity index (χ3n) is 5.88. The van der Waals surface area contributed by atoms with E-state index < -0.39 is 5.91 Å². The Morgan fingerprint density at radius 1 is 0.912 bits per heavy atom. The molecule has 2 N–H and O–H groups in total. The van der Waals surface area contributed by atoms with Gasteiger partial charge >= 0.3 is 0 Å². The highest BCUT2D eigenvalue weighted by Gasteiger charge is 2.22. The van der Waals surface area contributed by atoms with Gasteiger partial charge in [-0.05, 0) is 31.0 Å². The van der Waals surface area contributed by atoms with Crippen molar-refractivity contribution in [1.29, 1.82) is 0 Å². The van der Waals surface area contributed by atoms with Gasteiger partial charge in [0.25, 0.3) is 5.91 Å². The highest BCUT2D eigenvalue weighted by Crippen LogP contribution is 2.38. The van der Waals surface area contributed by atoms with Gasteiger partial charge in [0.15, 0.2) is 11.5 Å². The average Bonchev–Trinajstić information content (AvgIpc) is 2.87. The van der Waals surface area contributed by atoms with E-state index in [1.54, 1.807) is 19.2 Å². The molecule has 9 heteroatoms. The van der Waals surface area contributed by atoms with Crippen molar-refractivity contribution in [2.45, 2.75) is 25.4 Å². The first-order valence-electron chi connectivity index (χ1n) is 11.2. The standard InChI is InChI=1S/C25H33N3O6/c1-31-20-8-6-5-7-17(20)16-28-11-9-19(10-12-28)27-23(29)15-26-25(30)18-13-21(32-2)24(34-4)22(14-18)33-3/h5-8,13-14,19H,9-12,15-16H2,1-4H3,(H,26,30)(H,27,29). The zero-order valence-corrected chi connectivity index (χ0v) is 20.2. The van der Waals surface area contributed by atoms with Crippen LogP contribution in [0.5, 0.6) is 23.0 Å². The fraction of sp³-hybridized carbons (Fsp3) is 0.440. The summed E-state index contributed by atoms with van der Waals surface area (Å²) in [6, 6.07) is 11.2. The van der Waals surface area contributed by atoms with Gasteiger partial charge in [-0.1, -0.05) is 18.2 Å². The fourth-order valence-corrected chi connectivity index (χ4v) is 4.06. The Kier molecular flexibility index (Phi) is 8.98. The van der Waals surface area contributed by atoms with E-state index in [0.29, 0.717) is 22.8 Å². The Bertz CT molecular complexity index is 963. The molecule has 0 radical (unpaired) electrons. The van der Waals surface area contributed by atoms with Crippen molar-refractivity contribution in [3.05, 3.63) is 47.5 Å². The molecule has 1 heterocycles. The van der Waals surface area contributed by atoms with Crippen molar-refractivity contribution in [1.82, 2.24) is 15.5 Å². The molecule has 2 aromatic rings. The third kappa shape index (κ3) is 6.32. The van der Waals surface area contributed by atoms with Gasteiger partial charge in [-0.25, -0.2) is 0 Å². The summed E-state index contributed by atoms with van der Waals surface area (Å²) >= 11 is 0. The second-order valence-electron chi connectivity index (χ2n) is 8.03. The molecule has 9 nitrogen and oxygen atoms in total. The number of nitrogens with zero attached hydrogens (tertiary/aromatic N) is 1. The SMILES string of the molecule is COc1ccccc1CN1CCC(NC(=O)CNC(=O)c2cc(OC)c(OC)c(OC)c2)CC1. The van der Waals surface area contributed by atoms with E-state index in [-0.39, 0.29) is 18.5 Å². The molecule has 1 aliphatic heterocycles. The predicted molar refractivity (Wildman–Crippen MR) is 128 cm³/mol. The quantitative estimate of drug-likeness (QED) is 0.548. The zero-order chi connectivity index (χ0) is 24.5. The van der Waals surface area contributed by atoms with Crippen LogP contribution in [0.4, 0.5) is 0 Å². The molecule has 1 fully saturated rings. The first-order chi connectivity index (χ1) is 16.5.